The molecule has 0 aromatic carbocycles. The molecule has 8 heteroatoms. The minimum atomic E-state index is -1.37. The molecule has 0 saturated heterocycles. The van der Waals surface area contributed by atoms with Gasteiger partial charge in [0, 0.05) is 12.6 Å². The van der Waals surface area contributed by atoms with Crippen LogP contribution in [-0.4, -0.2) is 46.6 Å². The van der Waals surface area contributed by atoms with Crippen LogP contribution >= 0.6 is 0 Å². The molecule has 0 aliphatic carbocycles. The summed E-state index contributed by atoms with van der Waals surface area (Å²) < 4.78 is 9.97. The normalized spacial score (nSPS) is 14.1. The Morgan fingerprint density at radius 2 is 2.05 bits per heavy atom. The van der Waals surface area contributed by atoms with E-state index in [4.69, 9.17) is 15.2 Å². The van der Waals surface area contributed by atoms with E-state index >= 15 is 0 Å². The van der Waals surface area contributed by atoms with E-state index in [9.17, 15) is 15.0 Å². The van der Waals surface area contributed by atoms with Crippen molar-refractivity contribution in [2.75, 3.05) is 19.4 Å². The van der Waals surface area contributed by atoms with Crippen LogP contribution in [0, 0.1) is 0 Å². The molecule has 1 aromatic rings. The number of aromatic nitrogens is 1. The molecule has 1 rings (SSSR count). The number of amides is 1. The van der Waals surface area contributed by atoms with Crippen molar-refractivity contribution in [2.24, 2.45) is 0 Å². The summed E-state index contributed by atoms with van der Waals surface area (Å²) in [5, 5.41) is 22.4. The van der Waals surface area contributed by atoms with Gasteiger partial charge in [-0.25, -0.2) is 9.78 Å². The predicted octanol–water partition coefficient (Wildman–Crippen LogP) is 0.591. The third-order valence-corrected chi connectivity index (χ3v) is 2.64. The number of aliphatic hydroxyl groups is 2. The van der Waals surface area contributed by atoms with Gasteiger partial charge < -0.3 is 30.7 Å². The molecule has 22 heavy (non-hydrogen) atoms. The fraction of sp³-hybridized carbons (Fsp3) is 0.571. The van der Waals surface area contributed by atoms with Crippen LogP contribution in [0.1, 0.15) is 32.6 Å². The van der Waals surface area contributed by atoms with Crippen molar-refractivity contribution in [3.63, 3.8) is 0 Å². The largest absolute Gasteiger partial charge is 0.481 e. The van der Waals surface area contributed by atoms with Crippen molar-refractivity contribution in [2.45, 2.75) is 38.6 Å². The first-order chi connectivity index (χ1) is 10.1. The topological polar surface area (TPSA) is 127 Å². The quantitative estimate of drug-likeness (QED) is 0.626. The Bertz CT molecular complexity index is 516. The van der Waals surface area contributed by atoms with Crippen molar-refractivity contribution in [3.05, 3.63) is 17.8 Å². The highest BCUT2D eigenvalue weighted by atomic mass is 16.6. The van der Waals surface area contributed by atoms with Gasteiger partial charge >= 0.3 is 6.09 Å². The standard InChI is InChI=1S/C14H23N3O5/c1-14(2,3)22-13(20)16-7-9(18)12(19)11-8(15)5-6-10(17-11)21-4/h5-6,9,12,18-19H,7,15H2,1-4H3,(H,16,20). The summed E-state index contributed by atoms with van der Waals surface area (Å²) in [4.78, 5) is 15.5. The van der Waals surface area contributed by atoms with Crippen LogP contribution in [0.2, 0.25) is 0 Å². The second-order valence-corrected chi connectivity index (χ2v) is 5.72. The highest BCUT2D eigenvalue weighted by Gasteiger charge is 2.24. The number of pyridine rings is 1. The van der Waals surface area contributed by atoms with Crippen LogP contribution in [0.5, 0.6) is 5.88 Å². The molecule has 0 bridgehead atoms. The Labute approximate surface area is 129 Å². The Morgan fingerprint density at radius 1 is 1.41 bits per heavy atom. The van der Waals surface area contributed by atoms with E-state index in [1.807, 2.05) is 0 Å². The number of ether oxygens (including phenoxy) is 2. The molecule has 124 valence electrons. The lowest BCUT2D eigenvalue weighted by molar-refractivity contribution is 0.0110. The fourth-order valence-corrected chi connectivity index (χ4v) is 1.61. The van der Waals surface area contributed by atoms with Crippen molar-refractivity contribution >= 4 is 11.8 Å². The zero-order chi connectivity index (χ0) is 16.9. The van der Waals surface area contributed by atoms with Gasteiger partial charge in [0.15, 0.2) is 0 Å². The van der Waals surface area contributed by atoms with E-state index in [-0.39, 0.29) is 23.8 Å². The van der Waals surface area contributed by atoms with Gasteiger partial charge in [-0.3, -0.25) is 0 Å². The van der Waals surface area contributed by atoms with Crippen LogP contribution in [0.15, 0.2) is 12.1 Å². The lowest BCUT2D eigenvalue weighted by Crippen LogP contribution is -2.39. The Balaban J connectivity index is 2.65. The second kappa shape index (κ2) is 7.28. The molecule has 1 aromatic heterocycles. The number of carbonyl (C=O) groups excluding carboxylic acids is 1. The summed E-state index contributed by atoms with van der Waals surface area (Å²) in [5.41, 5.74) is 5.37. The SMILES string of the molecule is COc1ccc(N)c(C(O)C(O)CNC(=O)OC(C)(C)C)n1. The van der Waals surface area contributed by atoms with Crippen LogP contribution in [0.4, 0.5) is 10.5 Å². The number of alkyl carbamates (subject to hydrolysis) is 1. The first-order valence-corrected chi connectivity index (χ1v) is 6.77. The monoisotopic (exact) mass is 313 g/mol. The van der Waals surface area contributed by atoms with Crippen LogP contribution in [-0.2, 0) is 4.74 Å². The van der Waals surface area contributed by atoms with Crippen LogP contribution in [0.25, 0.3) is 0 Å². The summed E-state index contributed by atoms with van der Waals surface area (Å²) in [6.45, 7) is 4.95. The van der Waals surface area contributed by atoms with E-state index in [0.29, 0.717) is 0 Å². The molecule has 0 spiro atoms. The van der Waals surface area contributed by atoms with Crippen LogP contribution in [0.3, 0.4) is 0 Å². The summed E-state index contributed by atoms with van der Waals surface area (Å²) in [5.74, 6) is 0.260. The lowest BCUT2D eigenvalue weighted by Gasteiger charge is -2.22. The maximum Gasteiger partial charge on any atom is 0.407 e. The molecule has 0 radical (unpaired) electrons. The summed E-state index contributed by atoms with van der Waals surface area (Å²) in [7, 11) is 1.43. The minimum absolute atomic E-state index is 0.0813. The number of methoxy groups -OCH3 is 1. The molecule has 1 amide bonds. The average molecular weight is 313 g/mol. The van der Waals surface area contributed by atoms with E-state index in [0.717, 1.165) is 0 Å². The van der Waals surface area contributed by atoms with Gasteiger partial charge in [0.2, 0.25) is 5.88 Å². The molecular weight excluding hydrogens is 290 g/mol. The smallest absolute Gasteiger partial charge is 0.407 e. The van der Waals surface area contributed by atoms with Crippen molar-refractivity contribution in [1.82, 2.24) is 10.3 Å². The van der Waals surface area contributed by atoms with Gasteiger partial charge in [0.05, 0.1) is 18.5 Å². The number of carbonyl (C=O) groups is 1. The van der Waals surface area contributed by atoms with Gasteiger partial charge in [0.25, 0.3) is 0 Å². The van der Waals surface area contributed by atoms with E-state index in [2.05, 4.69) is 10.3 Å². The van der Waals surface area contributed by atoms with Gasteiger partial charge in [-0.2, -0.15) is 0 Å². The second-order valence-electron chi connectivity index (χ2n) is 5.72. The fourth-order valence-electron chi connectivity index (χ4n) is 1.61. The molecule has 5 N–H and O–H groups in total. The number of hydrogen-bond donors (Lipinski definition) is 4. The molecular formula is C14H23N3O5. The van der Waals surface area contributed by atoms with E-state index in [1.165, 1.54) is 19.2 Å². The number of hydrogen-bond acceptors (Lipinski definition) is 7. The number of nitrogens with two attached hydrogens (primary N) is 1. The third kappa shape index (κ3) is 5.38. The minimum Gasteiger partial charge on any atom is -0.481 e. The Hall–Kier alpha value is -2.06. The van der Waals surface area contributed by atoms with Crippen molar-refractivity contribution in [3.8, 4) is 5.88 Å². The average Bonchev–Trinajstić information content (AvgIpc) is 2.42. The molecule has 0 fully saturated rings. The van der Waals surface area contributed by atoms with Gasteiger partial charge in [-0.1, -0.05) is 0 Å². The van der Waals surface area contributed by atoms with E-state index < -0.39 is 23.9 Å². The molecule has 8 nitrogen and oxygen atoms in total. The highest BCUT2D eigenvalue weighted by Crippen LogP contribution is 2.23. The highest BCUT2D eigenvalue weighted by molar-refractivity contribution is 5.67. The number of rotatable bonds is 5. The number of nitrogens with zero attached hydrogens (tertiary/aromatic N) is 1. The zero-order valence-electron chi connectivity index (χ0n) is 13.2. The molecule has 2 atom stereocenters. The van der Waals surface area contributed by atoms with Gasteiger partial charge in [-0.05, 0) is 26.8 Å². The molecule has 0 aliphatic rings. The Kier molecular flexibility index (Phi) is 5.95. The van der Waals surface area contributed by atoms with Crippen molar-refractivity contribution < 1.29 is 24.5 Å². The Morgan fingerprint density at radius 3 is 2.59 bits per heavy atom. The van der Waals surface area contributed by atoms with Gasteiger partial charge in [-0.15, -0.1) is 0 Å². The third-order valence-electron chi connectivity index (χ3n) is 2.64. The number of nitrogens with one attached hydrogen (secondary N) is 1. The van der Waals surface area contributed by atoms with Crippen LogP contribution < -0.4 is 15.8 Å². The summed E-state index contributed by atoms with van der Waals surface area (Å²) >= 11 is 0. The summed E-state index contributed by atoms with van der Waals surface area (Å²) in [6, 6.07) is 3.05. The maximum absolute atomic E-state index is 11.5. The predicted molar refractivity (Wildman–Crippen MR) is 80.4 cm³/mol. The zero-order valence-corrected chi connectivity index (χ0v) is 13.2. The first kappa shape index (κ1) is 18.0. The maximum atomic E-state index is 11.5. The molecule has 0 saturated carbocycles. The molecule has 2 unspecified atom stereocenters. The number of nitrogen functional groups attached to an aromatic ring is 1. The first-order valence-electron chi connectivity index (χ1n) is 6.77. The molecule has 0 aliphatic heterocycles. The summed E-state index contributed by atoms with van der Waals surface area (Å²) in [6.07, 6.45) is -3.36. The lowest BCUT2D eigenvalue weighted by atomic mass is 10.1. The number of aliphatic hydroxyl groups excluding tert-OH is 2. The molecule has 1 heterocycles. The van der Waals surface area contributed by atoms with E-state index in [1.54, 1.807) is 20.8 Å². The number of anilines is 1. The van der Waals surface area contributed by atoms with Gasteiger partial charge in [0.1, 0.15) is 17.8 Å². The van der Waals surface area contributed by atoms with Crippen molar-refractivity contribution in [1.29, 1.82) is 0 Å².